The van der Waals surface area contributed by atoms with Crippen molar-refractivity contribution in [3.63, 3.8) is 0 Å². The molecule has 1 atom stereocenters. The summed E-state index contributed by atoms with van der Waals surface area (Å²) in [6.45, 7) is 16.4. The first-order chi connectivity index (χ1) is 11.0. The molecule has 3 nitrogen and oxygen atoms in total. The zero-order chi connectivity index (χ0) is 18.1. The second-order valence-corrected chi connectivity index (χ2v) is 8.76. The van der Waals surface area contributed by atoms with Crippen LogP contribution in [0.4, 0.5) is 0 Å². The van der Waals surface area contributed by atoms with Crippen LogP contribution in [0.15, 0.2) is 12.1 Å². The first kappa shape index (κ1) is 19.3. The van der Waals surface area contributed by atoms with E-state index in [1.165, 1.54) is 30.4 Å². The van der Waals surface area contributed by atoms with Crippen molar-refractivity contribution in [1.29, 1.82) is 0 Å². The van der Waals surface area contributed by atoms with Crippen LogP contribution in [0.3, 0.4) is 0 Å². The predicted octanol–water partition coefficient (Wildman–Crippen LogP) is 4.39. The van der Waals surface area contributed by atoms with Gasteiger partial charge in [-0.05, 0) is 90.5 Å². The molecule has 0 spiro atoms. The SMILES string of the molecule is Cc1cc(C)c(C)c(OCC(O)CN2C(C)(C)CCCC2(C)C)c1. The summed E-state index contributed by atoms with van der Waals surface area (Å²) >= 11 is 0. The number of ether oxygens (including phenoxy) is 1. The fourth-order valence-electron chi connectivity index (χ4n) is 4.14. The van der Waals surface area contributed by atoms with Crippen LogP contribution in [-0.2, 0) is 0 Å². The van der Waals surface area contributed by atoms with E-state index in [1.54, 1.807) is 0 Å². The Morgan fingerprint density at radius 3 is 2.25 bits per heavy atom. The molecular weight excluding hydrogens is 298 g/mol. The van der Waals surface area contributed by atoms with Crippen molar-refractivity contribution in [2.45, 2.75) is 84.9 Å². The van der Waals surface area contributed by atoms with Crippen molar-refractivity contribution in [1.82, 2.24) is 4.90 Å². The van der Waals surface area contributed by atoms with E-state index in [0.717, 1.165) is 11.3 Å². The number of nitrogens with zero attached hydrogens (tertiary/aromatic N) is 1. The van der Waals surface area contributed by atoms with E-state index in [0.29, 0.717) is 13.2 Å². The van der Waals surface area contributed by atoms with Crippen LogP contribution in [0.5, 0.6) is 5.75 Å². The maximum Gasteiger partial charge on any atom is 0.122 e. The van der Waals surface area contributed by atoms with Gasteiger partial charge in [0.05, 0.1) is 0 Å². The summed E-state index contributed by atoms with van der Waals surface area (Å²) in [6, 6.07) is 4.22. The lowest BCUT2D eigenvalue weighted by Crippen LogP contribution is -2.60. The van der Waals surface area contributed by atoms with Crippen LogP contribution in [-0.4, -0.2) is 40.3 Å². The van der Waals surface area contributed by atoms with Gasteiger partial charge in [0.2, 0.25) is 0 Å². The number of aryl methyl sites for hydroxylation is 2. The Hall–Kier alpha value is -1.06. The summed E-state index contributed by atoms with van der Waals surface area (Å²) in [7, 11) is 0. The molecule has 1 heterocycles. The van der Waals surface area contributed by atoms with Crippen LogP contribution in [0.1, 0.15) is 63.6 Å². The average molecular weight is 334 g/mol. The van der Waals surface area contributed by atoms with Crippen molar-refractivity contribution in [3.05, 3.63) is 28.8 Å². The molecule has 0 amide bonds. The number of aliphatic hydroxyl groups is 1. The highest BCUT2D eigenvalue weighted by Gasteiger charge is 2.41. The lowest BCUT2D eigenvalue weighted by molar-refractivity contribution is -0.0607. The highest BCUT2D eigenvalue weighted by atomic mass is 16.5. The van der Waals surface area contributed by atoms with Crippen LogP contribution in [0, 0.1) is 20.8 Å². The summed E-state index contributed by atoms with van der Waals surface area (Å²) in [4.78, 5) is 2.46. The standard InChI is InChI=1S/C21H35NO2/c1-15-11-16(2)17(3)19(12-15)24-14-18(23)13-22-20(4,5)9-8-10-21(22,6)7/h11-12,18,23H,8-10,13-14H2,1-7H3. The summed E-state index contributed by atoms with van der Waals surface area (Å²) in [5.74, 6) is 0.892. The Kier molecular flexibility index (Phi) is 5.66. The number of rotatable bonds is 5. The zero-order valence-corrected chi connectivity index (χ0v) is 16.6. The molecule has 1 fully saturated rings. The lowest BCUT2D eigenvalue weighted by Gasteiger charge is -2.53. The Bertz CT molecular complexity index is 561. The molecule has 1 aromatic rings. The molecule has 1 aromatic carbocycles. The van der Waals surface area contributed by atoms with Gasteiger partial charge in [-0.1, -0.05) is 6.07 Å². The minimum absolute atomic E-state index is 0.124. The van der Waals surface area contributed by atoms with Gasteiger partial charge in [0, 0.05) is 17.6 Å². The average Bonchev–Trinajstić information content (AvgIpc) is 2.45. The number of likely N-dealkylation sites (tertiary alicyclic amines) is 1. The Labute approximate surface area is 148 Å². The van der Waals surface area contributed by atoms with Crippen molar-refractivity contribution < 1.29 is 9.84 Å². The number of hydrogen-bond donors (Lipinski definition) is 1. The minimum atomic E-state index is -0.484. The van der Waals surface area contributed by atoms with Gasteiger partial charge in [0.15, 0.2) is 0 Å². The predicted molar refractivity (Wildman–Crippen MR) is 101 cm³/mol. The second-order valence-electron chi connectivity index (χ2n) is 8.76. The molecule has 0 aromatic heterocycles. The third kappa shape index (κ3) is 4.31. The molecule has 3 heteroatoms. The van der Waals surface area contributed by atoms with E-state index in [-0.39, 0.29) is 11.1 Å². The fraction of sp³-hybridized carbons (Fsp3) is 0.714. The highest BCUT2D eigenvalue weighted by Crippen LogP contribution is 2.38. The van der Waals surface area contributed by atoms with E-state index in [1.807, 2.05) is 0 Å². The van der Waals surface area contributed by atoms with Crippen LogP contribution in [0.2, 0.25) is 0 Å². The summed E-state index contributed by atoms with van der Waals surface area (Å²) in [5, 5.41) is 10.6. The van der Waals surface area contributed by atoms with E-state index >= 15 is 0 Å². The molecule has 1 unspecified atom stereocenters. The summed E-state index contributed by atoms with van der Waals surface area (Å²) in [6.07, 6.45) is 3.13. The molecule has 136 valence electrons. The summed E-state index contributed by atoms with van der Waals surface area (Å²) in [5.41, 5.74) is 3.84. The van der Waals surface area contributed by atoms with Gasteiger partial charge in [-0.3, -0.25) is 4.90 Å². The third-order valence-corrected chi connectivity index (χ3v) is 5.63. The number of aliphatic hydroxyl groups excluding tert-OH is 1. The molecule has 1 saturated heterocycles. The van der Waals surface area contributed by atoms with Crippen LogP contribution < -0.4 is 4.74 Å². The largest absolute Gasteiger partial charge is 0.491 e. The van der Waals surface area contributed by atoms with Crippen molar-refractivity contribution in [2.75, 3.05) is 13.2 Å². The topological polar surface area (TPSA) is 32.7 Å². The number of piperidine rings is 1. The normalized spacial score (nSPS) is 21.5. The van der Waals surface area contributed by atoms with Gasteiger partial charge in [-0.15, -0.1) is 0 Å². The van der Waals surface area contributed by atoms with Crippen molar-refractivity contribution in [2.24, 2.45) is 0 Å². The van der Waals surface area contributed by atoms with E-state index in [4.69, 9.17) is 4.74 Å². The minimum Gasteiger partial charge on any atom is -0.491 e. The summed E-state index contributed by atoms with van der Waals surface area (Å²) < 4.78 is 5.96. The number of hydrogen-bond acceptors (Lipinski definition) is 3. The van der Waals surface area contributed by atoms with Gasteiger partial charge < -0.3 is 9.84 Å². The molecule has 0 radical (unpaired) electrons. The Balaban J connectivity index is 2.01. The Morgan fingerprint density at radius 1 is 1.08 bits per heavy atom. The molecule has 0 aliphatic carbocycles. The molecule has 24 heavy (non-hydrogen) atoms. The quantitative estimate of drug-likeness (QED) is 0.867. The third-order valence-electron chi connectivity index (χ3n) is 5.63. The van der Waals surface area contributed by atoms with Gasteiger partial charge in [-0.2, -0.15) is 0 Å². The van der Waals surface area contributed by atoms with Gasteiger partial charge in [0.25, 0.3) is 0 Å². The second kappa shape index (κ2) is 7.05. The molecule has 0 saturated carbocycles. The van der Waals surface area contributed by atoms with E-state index in [9.17, 15) is 5.11 Å². The first-order valence-electron chi connectivity index (χ1n) is 9.19. The van der Waals surface area contributed by atoms with Gasteiger partial charge in [-0.25, -0.2) is 0 Å². The maximum atomic E-state index is 10.6. The fourth-order valence-corrected chi connectivity index (χ4v) is 4.14. The number of benzene rings is 1. The lowest BCUT2D eigenvalue weighted by atomic mass is 9.79. The van der Waals surface area contributed by atoms with E-state index < -0.39 is 6.10 Å². The molecule has 1 aliphatic heterocycles. The number of β-amino-alcohol motifs (C(OH)–C–C–N with tert-alkyl or cyclic N) is 1. The van der Waals surface area contributed by atoms with E-state index in [2.05, 4.69) is 65.5 Å². The van der Waals surface area contributed by atoms with Gasteiger partial charge in [0.1, 0.15) is 18.5 Å². The smallest absolute Gasteiger partial charge is 0.122 e. The Morgan fingerprint density at radius 2 is 1.67 bits per heavy atom. The van der Waals surface area contributed by atoms with Crippen LogP contribution in [0.25, 0.3) is 0 Å². The highest BCUT2D eigenvalue weighted by molar-refractivity contribution is 5.41. The molecular formula is C21H35NO2. The molecule has 2 rings (SSSR count). The van der Waals surface area contributed by atoms with Gasteiger partial charge >= 0.3 is 0 Å². The van der Waals surface area contributed by atoms with Crippen molar-refractivity contribution >= 4 is 0 Å². The zero-order valence-electron chi connectivity index (χ0n) is 16.6. The molecule has 0 bridgehead atoms. The maximum absolute atomic E-state index is 10.6. The molecule has 1 N–H and O–H groups in total. The monoisotopic (exact) mass is 333 g/mol. The molecule has 1 aliphatic rings. The van der Waals surface area contributed by atoms with Crippen molar-refractivity contribution in [3.8, 4) is 5.75 Å². The first-order valence-corrected chi connectivity index (χ1v) is 9.19. The van der Waals surface area contributed by atoms with Crippen LogP contribution >= 0.6 is 0 Å².